The zero-order valence-corrected chi connectivity index (χ0v) is 15.1. The van der Waals surface area contributed by atoms with Gasteiger partial charge in [0.15, 0.2) is 0 Å². The number of amides is 1. The Labute approximate surface area is 160 Å². The molecule has 1 aliphatic heterocycles. The highest BCUT2D eigenvalue weighted by atomic mass is 19.1. The van der Waals surface area contributed by atoms with Gasteiger partial charge in [-0.3, -0.25) is 9.69 Å². The van der Waals surface area contributed by atoms with E-state index in [0.29, 0.717) is 5.56 Å². The van der Waals surface area contributed by atoms with Gasteiger partial charge in [0.25, 0.3) is 5.91 Å². The molecule has 142 valence electrons. The van der Waals surface area contributed by atoms with Crippen molar-refractivity contribution in [2.45, 2.75) is 6.92 Å². The summed E-state index contributed by atoms with van der Waals surface area (Å²) in [4.78, 5) is 37.4. The van der Waals surface area contributed by atoms with E-state index in [0.717, 1.165) is 4.90 Å². The molecule has 28 heavy (non-hydrogen) atoms. The van der Waals surface area contributed by atoms with Crippen LogP contribution in [-0.4, -0.2) is 30.1 Å². The van der Waals surface area contributed by atoms with Crippen LogP contribution in [0.3, 0.4) is 0 Å². The maximum atomic E-state index is 14.3. The lowest BCUT2D eigenvalue weighted by Gasteiger charge is -2.18. The Morgan fingerprint density at radius 3 is 2.32 bits per heavy atom. The fraction of sp³-hybridized carbons (Fsp3) is 0.0952. The second kappa shape index (κ2) is 7.48. The fourth-order valence-corrected chi connectivity index (χ4v) is 2.99. The van der Waals surface area contributed by atoms with Gasteiger partial charge >= 0.3 is 11.9 Å². The van der Waals surface area contributed by atoms with Crippen LogP contribution in [-0.2, 0) is 14.3 Å². The summed E-state index contributed by atoms with van der Waals surface area (Å²) in [6, 6.07) is 11.5. The minimum atomic E-state index is -1.08. The Morgan fingerprint density at radius 1 is 1.11 bits per heavy atom. The number of carboxylic acid groups (broad SMARTS) is 1. The summed E-state index contributed by atoms with van der Waals surface area (Å²) < 4.78 is 19.1. The third kappa shape index (κ3) is 3.29. The number of carbonyl (C=O) groups excluding carboxylic acids is 2. The zero-order chi connectivity index (χ0) is 20.4. The van der Waals surface area contributed by atoms with Crippen LogP contribution in [0.2, 0.25) is 0 Å². The van der Waals surface area contributed by atoms with Crippen molar-refractivity contribution in [1.29, 1.82) is 0 Å². The van der Waals surface area contributed by atoms with Gasteiger partial charge in [-0.15, -0.1) is 0 Å². The van der Waals surface area contributed by atoms with Gasteiger partial charge in [-0.1, -0.05) is 24.3 Å². The number of halogens is 1. The summed E-state index contributed by atoms with van der Waals surface area (Å²) in [5, 5.41) is 8.99. The summed E-state index contributed by atoms with van der Waals surface area (Å²) in [5.74, 6) is -2.98. The molecule has 3 rings (SSSR count). The van der Waals surface area contributed by atoms with Crippen molar-refractivity contribution >= 4 is 29.6 Å². The minimum absolute atomic E-state index is 0.0241. The molecule has 0 atom stereocenters. The third-order valence-corrected chi connectivity index (χ3v) is 4.35. The third-order valence-electron chi connectivity index (χ3n) is 4.35. The van der Waals surface area contributed by atoms with Gasteiger partial charge in [0, 0.05) is 5.70 Å². The number of carbonyl (C=O) groups is 3. The van der Waals surface area contributed by atoms with E-state index < -0.39 is 23.7 Å². The molecule has 0 fully saturated rings. The van der Waals surface area contributed by atoms with Crippen molar-refractivity contribution in [3.8, 4) is 0 Å². The van der Waals surface area contributed by atoms with E-state index in [-0.39, 0.29) is 28.1 Å². The molecule has 6 nitrogen and oxygen atoms in total. The molecule has 1 aliphatic rings. The first kappa shape index (κ1) is 19.0. The predicted molar refractivity (Wildman–Crippen MR) is 100.0 cm³/mol. The number of allylic oxidation sites excluding steroid dienone is 1. The molecule has 1 amide bonds. The second-order valence-electron chi connectivity index (χ2n) is 6.03. The van der Waals surface area contributed by atoms with Crippen molar-refractivity contribution in [2.24, 2.45) is 0 Å². The van der Waals surface area contributed by atoms with Gasteiger partial charge in [0.1, 0.15) is 5.82 Å². The molecule has 0 aliphatic carbocycles. The van der Waals surface area contributed by atoms with E-state index in [9.17, 15) is 18.8 Å². The highest BCUT2D eigenvalue weighted by molar-refractivity contribution is 6.23. The number of hydrogen-bond donors (Lipinski definition) is 1. The molecule has 0 radical (unpaired) electrons. The highest BCUT2D eigenvalue weighted by Crippen LogP contribution is 2.36. The second-order valence-corrected chi connectivity index (χ2v) is 6.03. The van der Waals surface area contributed by atoms with Crippen LogP contribution in [0.4, 0.5) is 10.1 Å². The first-order valence-electron chi connectivity index (χ1n) is 8.28. The molecule has 0 unspecified atom stereocenters. The quantitative estimate of drug-likeness (QED) is 0.648. The number of rotatable bonds is 4. The van der Waals surface area contributed by atoms with Crippen LogP contribution in [0.15, 0.2) is 65.4 Å². The van der Waals surface area contributed by atoms with E-state index in [4.69, 9.17) is 9.84 Å². The number of benzene rings is 2. The van der Waals surface area contributed by atoms with E-state index in [1.54, 1.807) is 6.07 Å². The number of anilines is 1. The summed E-state index contributed by atoms with van der Waals surface area (Å²) in [6.07, 6.45) is 1.45. The fourth-order valence-electron chi connectivity index (χ4n) is 2.99. The lowest BCUT2D eigenvalue weighted by atomic mass is 10.0. The van der Waals surface area contributed by atoms with E-state index in [1.165, 1.54) is 62.6 Å². The van der Waals surface area contributed by atoms with Crippen molar-refractivity contribution in [2.75, 3.05) is 12.0 Å². The number of para-hydroxylation sites is 1. The Hall–Kier alpha value is -3.74. The van der Waals surface area contributed by atoms with E-state index in [1.807, 2.05) is 0 Å². The minimum Gasteiger partial charge on any atom is -0.478 e. The van der Waals surface area contributed by atoms with Gasteiger partial charge in [0.2, 0.25) is 0 Å². The molecule has 0 saturated heterocycles. The molecular weight excluding hydrogens is 365 g/mol. The Kier molecular flexibility index (Phi) is 5.08. The predicted octanol–water partition coefficient (Wildman–Crippen LogP) is 3.40. The van der Waals surface area contributed by atoms with E-state index >= 15 is 0 Å². The monoisotopic (exact) mass is 381 g/mol. The zero-order valence-electron chi connectivity index (χ0n) is 15.1. The highest BCUT2D eigenvalue weighted by Gasteiger charge is 2.38. The van der Waals surface area contributed by atoms with Gasteiger partial charge in [-0.25, -0.2) is 14.0 Å². The molecule has 0 bridgehead atoms. The van der Waals surface area contributed by atoms with Gasteiger partial charge in [0.05, 0.1) is 29.5 Å². The Bertz CT molecular complexity index is 1040. The summed E-state index contributed by atoms with van der Waals surface area (Å²) in [7, 11) is 1.19. The number of methoxy groups -OCH3 is 1. The van der Waals surface area contributed by atoms with Crippen molar-refractivity contribution < 1.29 is 28.6 Å². The molecule has 1 N–H and O–H groups in total. The van der Waals surface area contributed by atoms with Crippen LogP contribution in [0.1, 0.15) is 22.8 Å². The van der Waals surface area contributed by atoms with Crippen LogP contribution in [0.5, 0.6) is 0 Å². The first-order chi connectivity index (χ1) is 13.3. The normalized spacial score (nSPS) is 15.3. The topological polar surface area (TPSA) is 83.9 Å². The lowest BCUT2D eigenvalue weighted by molar-refractivity contribution is -0.136. The number of aromatic carboxylic acids is 1. The number of nitrogens with zero attached hydrogens (tertiary/aromatic N) is 1. The molecule has 2 aromatic rings. The number of hydrogen-bond acceptors (Lipinski definition) is 4. The van der Waals surface area contributed by atoms with Crippen LogP contribution < -0.4 is 4.90 Å². The SMILES string of the molecule is COC(=O)C1=C(C)N(c2ccccc2F)C(=O)/C1=C/c1ccc(C(=O)O)cc1. The molecule has 0 spiro atoms. The standard InChI is InChI=1S/C21H16FNO5/c1-12-18(21(27)28-2)15(11-13-7-9-14(10-8-13)20(25)26)19(24)23(12)17-6-4-3-5-16(17)22/h3-11H,1-2H3,(H,25,26)/b15-11+. The molecule has 1 heterocycles. The van der Waals surface area contributed by atoms with Crippen LogP contribution in [0.25, 0.3) is 6.08 Å². The maximum absolute atomic E-state index is 14.3. The van der Waals surface area contributed by atoms with E-state index in [2.05, 4.69) is 0 Å². The smallest absolute Gasteiger partial charge is 0.340 e. The van der Waals surface area contributed by atoms with Gasteiger partial charge in [-0.2, -0.15) is 0 Å². The average molecular weight is 381 g/mol. The van der Waals surface area contributed by atoms with Crippen LogP contribution >= 0.6 is 0 Å². The Morgan fingerprint density at radius 2 is 1.75 bits per heavy atom. The lowest BCUT2D eigenvalue weighted by Crippen LogP contribution is -2.25. The summed E-state index contributed by atoms with van der Waals surface area (Å²) in [6.45, 7) is 1.53. The molecular formula is C21H16FNO5. The Balaban J connectivity index is 2.12. The number of ether oxygens (including phenoxy) is 1. The summed E-state index contributed by atoms with van der Waals surface area (Å²) in [5.41, 5.74) is 0.936. The largest absolute Gasteiger partial charge is 0.478 e. The number of esters is 1. The average Bonchev–Trinajstić information content (AvgIpc) is 2.92. The molecule has 2 aromatic carbocycles. The summed E-state index contributed by atoms with van der Waals surface area (Å²) >= 11 is 0. The molecule has 0 aromatic heterocycles. The van der Waals surface area contributed by atoms with Crippen molar-refractivity contribution in [3.63, 3.8) is 0 Å². The molecule has 7 heteroatoms. The first-order valence-corrected chi connectivity index (χ1v) is 8.28. The van der Waals surface area contributed by atoms with Crippen molar-refractivity contribution in [1.82, 2.24) is 0 Å². The van der Waals surface area contributed by atoms with Gasteiger partial charge in [-0.05, 0) is 42.8 Å². The van der Waals surface area contributed by atoms with Crippen LogP contribution in [0, 0.1) is 5.82 Å². The molecule has 0 saturated carbocycles. The van der Waals surface area contributed by atoms with Gasteiger partial charge < -0.3 is 9.84 Å². The number of carboxylic acids is 1. The maximum Gasteiger partial charge on any atom is 0.340 e. The van der Waals surface area contributed by atoms with Crippen molar-refractivity contribution in [3.05, 3.63) is 82.3 Å².